The highest BCUT2D eigenvalue weighted by Gasteiger charge is 2.30. The van der Waals surface area contributed by atoms with Gasteiger partial charge in [0.1, 0.15) is 0 Å². The Hall–Kier alpha value is -0.410. The summed E-state index contributed by atoms with van der Waals surface area (Å²) in [5.74, 6) is 0. The quantitative estimate of drug-likeness (QED) is 0.789. The predicted molar refractivity (Wildman–Crippen MR) is 69.9 cm³/mol. The molecule has 0 aromatic carbocycles. The number of nitrogens with zero attached hydrogens (tertiary/aromatic N) is 1. The first-order chi connectivity index (χ1) is 7.78. The summed E-state index contributed by atoms with van der Waals surface area (Å²) in [5.41, 5.74) is 2.38. The summed E-state index contributed by atoms with van der Waals surface area (Å²) < 4.78 is 0. The fourth-order valence-electron chi connectivity index (χ4n) is 2.16. The van der Waals surface area contributed by atoms with Gasteiger partial charge in [-0.15, -0.1) is 11.3 Å². The molecule has 3 heteroatoms. The smallest absolute Gasteiger partial charge is 0.0794 e. The average Bonchev–Trinajstić information content (AvgIpc) is 3.02. The first kappa shape index (κ1) is 12.1. The molecule has 1 heterocycles. The molecule has 1 aromatic heterocycles. The van der Waals surface area contributed by atoms with Crippen molar-refractivity contribution in [1.82, 2.24) is 10.3 Å². The Morgan fingerprint density at radius 1 is 1.44 bits per heavy atom. The van der Waals surface area contributed by atoms with E-state index < -0.39 is 0 Å². The van der Waals surface area contributed by atoms with E-state index in [1.165, 1.54) is 43.5 Å². The van der Waals surface area contributed by atoms with Crippen LogP contribution in [-0.2, 0) is 6.42 Å². The minimum atomic E-state index is 0.440. The lowest BCUT2D eigenvalue weighted by Crippen LogP contribution is -2.36. The van der Waals surface area contributed by atoms with Crippen LogP contribution in [0.25, 0.3) is 0 Å². The van der Waals surface area contributed by atoms with Gasteiger partial charge in [0.25, 0.3) is 0 Å². The van der Waals surface area contributed by atoms with E-state index in [0.717, 1.165) is 6.04 Å². The van der Waals surface area contributed by atoms with Gasteiger partial charge in [0, 0.05) is 23.7 Å². The van der Waals surface area contributed by atoms with Gasteiger partial charge in [-0.25, -0.2) is 0 Å². The van der Waals surface area contributed by atoms with Gasteiger partial charge >= 0.3 is 0 Å². The van der Waals surface area contributed by atoms with Crippen molar-refractivity contribution in [3.05, 3.63) is 16.6 Å². The average molecular weight is 238 g/mol. The predicted octanol–water partition coefficient (Wildman–Crippen LogP) is 3.24. The van der Waals surface area contributed by atoms with E-state index in [1.54, 1.807) is 11.3 Å². The summed E-state index contributed by atoms with van der Waals surface area (Å²) >= 11 is 1.79. The molecule has 0 atom stereocenters. The van der Waals surface area contributed by atoms with Crippen molar-refractivity contribution in [2.45, 2.75) is 52.0 Å². The summed E-state index contributed by atoms with van der Waals surface area (Å²) in [4.78, 5) is 5.61. The zero-order valence-electron chi connectivity index (χ0n) is 10.3. The van der Waals surface area contributed by atoms with Crippen molar-refractivity contribution < 1.29 is 0 Å². The van der Waals surface area contributed by atoms with Gasteiger partial charge in [-0.1, -0.05) is 13.8 Å². The summed E-state index contributed by atoms with van der Waals surface area (Å²) in [7, 11) is 0. The SMILES string of the molecule is CCC(CC)(CNC1CC1)Cc1cncs1. The highest BCUT2D eigenvalue weighted by atomic mass is 32.1. The van der Waals surface area contributed by atoms with Gasteiger partial charge in [0.15, 0.2) is 0 Å². The van der Waals surface area contributed by atoms with Crippen molar-refractivity contribution in [3.8, 4) is 0 Å². The van der Waals surface area contributed by atoms with Crippen LogP contribution in [0, 0.1) is 5.41 Å². The first-order valence-corrected chi connectivity index (χ1v) is 7.27. The molecule has 0 unspecified atom stereocenters. The lowest BCUT2D eigenvalue weighted by molar-refractivity contribution is 0.247. The summed E-state index contributed by atoms with van der Waals surface area (Å²) in [5, 5.41) is 3.70. The molecule has 0 amide bonds. The van der Waals surface area contributed by atoms with E-state index >= 15 is 0 Å². The molecule has 2 nitrogen and oxygen atoms in total. The zero-order chi connectivity index (χ0) is 11.4. The maximum atomic E-state index is 4.18. The second-order valence-corrected chi connectivity index (χ2v) is 5.98. The number of aromatic nitrogens is 1. The topological polar surface area (TPSA) is 24.9 Å². The largest absolute Gasteiger partial charge is 0.313 e. The normalized spacial score (nSPS) is 16.6. The molecule has 90 valence electrons. The molecule has 0 aliphatic heterocycles. The number of nitrogens with one attached hydrogen (secondary N) is 1. The Bertz CT molecular complexity index is 300. The Kier molecular flexibility index (Phi) is 3.98. The van der Waals surface area contributed by atoms with Gasteiger partial charge in [-0.3, -0.25) is 4.98 Å². The molecule has 0 spiro atoms. The first-order valence-electron chi connectivity index (χ1n) is 6.39. The maximum absolute atomic E-state index is 4.18. The van der Waals surface area contributed by atoms with Crippen LogP contribution in [0.1, 0.15) is 44.4 Å². The van der Waals surface area contributed by atoms with Crippen LogP contribution in [0.5, 0.6) is 0 Å². The second-order valence-electron chi connectivity index (χ2n) is 5.01. The van der Waals surface area contributed by atoms with Crippen LogP contribution in [0.3, 0.4) is 0 Å². The Labute approximate surface area is 102 Å². The van der Waals surface area contributed by atoms with Crippen LogP contribution in [0.2, 0.25) is 0 Å². The number of rotatable bonds is 7. The molecule has 1 fully saturated rings. The van der Waals surface area contributed by atoms with Crippen molar-refractivity contribution in [2.75, 3.05) is 6.54 Å². The van der Waals surface area contributed by atoms with E-state index in [9.17, 15) is 0 Å². The number of hydrogen-bond donors (Lipinski definition) is 1. The molecule has 2 rings (SSSR count). The monoisotopic (exact) mass is 238 g/mol. The molecule has 0 radical (unpaired) electrons. The number of hydrogen-bond acceptors (Lipinski definition) is 3. The molecule has 1 aromatic rings. The molecule has 1 aliphatic rings. The fourth-order valence-corrected chi connectivity index (χ4v) is 2.93. The second kappa shape index (κ2) is 5.28. The lowest BCUT2D eigenvalue weighted by Gasteiger charge is -2.31. The van der Waals surface area contributed by atoms with Crippen LogP contribution >= 0.6 is 11.3 Å². The molecule has 1 aliphatic carbocycles. The van der Waals surface area contributed by atoms with Gasteiger partial charge in [-0.05, 0) is 37.5 Å². The Morgan fingerprint density at radius 3 is 2.69 bits per heavy atom. The summed E-state index contributed by atoms with van der Waals surface area (Å²) in [6.45, 7) is 5.81. The molecular weight excluding hydrogens is 216 g/mol. The van der Waals surface area contributed by atoms with Gasteiger partial charge in [0.05, 0.1) is 5.51 Å². The summed E-state index contributed by atoms with van der Waals surface area (Å²) in [6, 6.07) is 0.818. The van der Waals surface area contributed by atoms with Gasteiger partial charge < -0.3 is 5.32 Å². The van der Waals surface area contributed by atoms with Crippen molar-refractivity contribution in [3.63, 3.8) is 0 Å². The molecule has 16 heavy (non-hydrogen) atoms. The Morgan fingerprint density at radius 2 is 2.19 bits per heavy atom. The van der Waals surface area contributed by atoms with Gasteiger partial charge in [-0.2, -0.15) is 0 Å². The van der Waals surface area contributed by atoms with Crippen LogP contribution in [0.15, 0.2) is 11.7 Å². The fraction of sp³-hybridized carbons (Fsp3) is 0.769. The third kappa shape index (κ3) is 3.05. The maximum Gasteiger partial charge on any atom is 0.0794 e. The minimum Gasteiger partial charge on any atom is -0.313 e. The Balaban J connectivity index is 1.95. The number of thiazole rings is 1. The van der Waals surface area contributed by atoms with Crippen molar-refractivity contribution in [2.24, 2.45) is 5.41 Å². The lowest BCUT2D eigenvalue weighted by atomic mass is 9.78. The van der Waals surface area contributed by atoms with Gasteiger partial charge in [0.2, 0.25) is 0 Å². The van der Waals surface area contributed by atoms with E-state index in [2.05, 4.69) is 24.1 Å². The molecule has 0 saturated heterocycles. The van der Waals surface area contributed by atoms with Crippen LogP contribution < -0.4 is 5.32 Å². The molecule has 0 bridgehead atoms. The van der Waals surface area contributed by atoms with E-state index in [0.29, 0.717) is 5.41 Å². The van der Waals surface area contributed by atoms with Crippen LogP contribution in [0.4, 0.5) is 0 Å². The van der Waals surface area contributed by atoms with Crippen LogP contribution in [-0.4, -0.2) is 17.6 Å². The van der Waals surface area contributed by atoms with E-state index in [1.807, 2.05) is 11.7 Å². The van der Waals surface area contributed by atoms with Crippen molar-refractivity contribution in [1.29, 1.82) is 0 Å². The third-order valence-electron chi connectivity index (χ3n) is 3.88. The van der Waals surface area contributed by atoms with E-state index in [-0.39, 0.29) is 0 Å². The third-order valence-corrected chi connectivity index (χ3v) is 4.66. The van der Waals surface area contributed by atoms with Crippen molar-refractivity contribution >= 4 is 11.3 Å². The zero-order valence-corrected chi connectivity index (χ0v) is 11.1. The van der Waals surface area contributed by atoms with E-state index in [4.69, 9.17) is 0 Å². The summed E-state index contributed by atoms with van der Waals surface area (Å²) in [6.07, 6.45) is 8.47. The molecule has 1 saturated carbocycles. The highest BCUT2D eigenvalue weighted by Crippen LogP contribution is 2.32. The minimum absolute atomic E-state index is 0.440. The molecular formula is C13H22N2S. The molecule has 1 N–H and O–H groups in total. The standard InChI is InChI=1S/C13H22N2S/c1-3-13(4-2,9-15-11-5-6-11)7-12-8-14-10-16-12/h8,10-11,15H,3-7,9H2,1-2H3. The highest BCUT2D eigenvalue weighted by molar-refractivity contribution is 7.09.